The Morgan fingerprint density at radius 3 is 2.53 bits per heavy atom. The van der Waals surface area contributed by atoms with Gasteiger partial charge in [-0.1, -0.05) is 19.1 Å². The van der Waals surface area contributed by atoms with Gasteiger partial charge in [-0.05, 0) is 42.9 Å². The Kier molecular flexibility index (Phi) is 4.10. The number of nitrogens with two attached hydrogens (primary N) is 1. The summed E-state index contributed by atoms with van der Waals surface area (Å²) in [5, 5.41) is 12.3. The summed E-state index contributed by atoms with van der Waals surface area (Å²) in [6.07, 6.45) is 3.27. The van der Waals surface area contributed by atoms with Crippen LogP contribution in [0.15, 0.2) is 24.3 Å². The molecule has 0 bridgehead atoms. The van der Waals surface area contributed by atoms with Gasteiger partial charge in [-0.2, -0.15) is 0 Å². The third kappa shape index (κ3) is 3.26. The molecule has 19 heavy (non-hydrogen) atoms. The molecule has 1 aromatic carbocycles. The number of nitrogen functional groups attached to an aromatic ring is 1. The molecule has 0 spiro atoms. The van der Waals surface area contributed by atoms with Crippen molar-refractivity contribution in [3.05, 3.63) is 29.8 Å². The highest BCUT2D eigenvalue weighted by Gasteiger charge is 2.37. The van der Waals surface area contributed by atoms with Gasteiger partial charge >= 0.3 is 0 Å². The van der Waals surface area contributed by atoms with E-state index in [-0.39, 0.29) is 24.0 Å². The third-order valence-electron chi connectivity index (χ3n) is 4.01. The van der Waals surface area contributed by atoms with Gasteiger partial charge in [0.15, 0.2) is 0 Å². The van der Waals surface area contributed by atoms with Gasteiger partial charge < -0.3 is 16.2 Å². The van der Waals surface area contributed by atoms with Crippen molar-refractivity contribution in [2.24, 2.45) is 0 Å². The maximum Gasteiger partial charge on any atom is 0.221 e. The molecule has 2 rings (SSSR count). The highest BCUT2D eigenvalue weighted by atomic mass is 16.3. The van der Waals surface area contributed by atoms with Crippen LogP contribution in [0.1, 0.15) is 44.1 Å². The number of nitrogens with one attached hydrogen (secondary N) is 1. The molecule has 0 heterocycles. The number of aliphatic hydroxyl groups is 1. The number of hydrogen-bond acceptors (Lipinski definition) is 3. The molecule has 1 aliphatic rings. The molecular weight excluding hydrogens is 240 g/mol. The number of benzene rings is 1. The minimum atomic E-state index is -0.349. The minimum Gasteiger partial charge on any atom is -0.399 e. The Morgan fingerprint density at radius 2 is 2.05 bits per heavy atom. The van der Waals surface area contributed by atoms with Crippen LogP contribution < -0.4 is 11.1 Å². The molecular formula is C15H22N2O2. The summed E-state index contributed by atoms with van der Waals surface area (Å²) < 4.78 is 0. The first kappa shape index (κ1) is 13.9. The van der Waals surface area contributed by atoms with Gasteiger partial charge in [0.25, 0.3) is 0 Å². The van der Waals surface area contributed by atoms with E-state index in [9.17, 15) is 9.90 Å². The zero-order valence-corrected chi connectivity index (χ0v) is 11.4. The number of carbonyl (C=O) groups is 1. The van der Waals surface area contributed by atoms with Crippen LogP contribution in [0.25, 0.3) is 0 Å². The first-order valence-corrected chi connectivity index (χ1v) is 6.82. The maximum atomic E-state index is 12.0. The Labute approximate surface area is 114 Å². The molecule has 1 atom stereocenters. The van der Waals surface area contributed by atoms with Crippen LogP contribution in [0.3, 0.4) is 0 Å². The van der Waals surface area contributed by atoms with E-state index in [2.05, 4.69) is 5.32 Å². The van der Waals surface area contributed by atoms with Crippen molar-refractivity contribution >= 4 is 11.6 Å². The van der Waals surface area contributed by atoms with Gasteiger partial charge in [-0.3, -0.25) is 4.79 Å². The van der Waals surface area contributed by atoms with Gasteiger partial charge in [0, 0.05) is 12.1 Å². The monoisotopic (exact) mass is 262 g/mol. The van der Waals surface area contributed by atoms with E-state index in [1.807, 2.05) is 31.2 Å². The number of rotatable bonds is 5. The molecule has 1 unspecified atom stereocenters. The molecule has 0 radical (unpaired) electrons. The van der Waals surface area contributed by atoms with Crippen molar-refractivity contribution in [2.45, 2.75) is 44.1 Å². The highest BCUT2D eigenvalue weighted by molar-refractivity contribution is 5.78. The smallest absolute Gasteiger partial charge is 0.221 e. The summed E-state index contributed by atoms with van der Waals surface area (Å²) in [6, 6.07) is 7.62. The number of aliphatic hydroxyl groups excluding tert-OH is 1. The molecule has 4 nitrogen and oxygen atoms in total. The summed E-state index contributed by atoms with van der Waals surface area (Å²) in [7, 11) is 0. The zero-order chi connectivity index (χ0) is 13.9. The van der Waals surface area contributed by atoms with Gasteiger partial charge in [-0.15, -0.1) is 0 Å². The van der Waals surface area contributed by atoms with Gasteiger partial charge in [0.1, 0.15) is 0 Å². The molecule has 0 aromatic heterocycles. The fourth-order valence-electron chi connectivity index (χ4n) is 2.49. The Balaban J connectivity index is 1.89. The van der Waals surface area contributed by atoms with E-state index in [1.54, 1.807) is 0 Å². The second-order valence-electron chi connectivity index (χ2n) is 5.61. The van der Waals surface area contributed by atoms with Gasteiger partial charge in [-0.25, -0.2) is 0 Å². The maximum absolute atomic E-state index is 12.0. The molecule has 1 aliphatic carbocycles. The van der Waals surface area contributed by atoms with Crippen molar-refractivity contribution in [3.63, 3.8) is 0 Å². The van der Waals surface area contributed by atoms with Crippen LogP contribution in [0.5, 0.6) is 0 Å². The first-order chi connectivity index (χ1) is 9.04. The van der Waals surface area contributed by atoms with E-state index in [0.29, 0.717) is 6.42 Å². The van der Waals surface area contributed by atoms with Gasteiger partial charge in [0.2, 0.25) is 5.91 Å². The Bertz CT molecular complexity index is 432. The summed E-state index contributed by atoms with van der Waals surface area (Å²) in [5.41, 5.74) is 7.14. The Morgan fingerprint density at radius 1 is 1.42 bits per heavy atom. The van der Waals surface area contributed by atoms with Crippen LogP contribution in [0, 0.1) is 0 Å². The van der Waals surface area contributed by atoms with Crippen molar-refractivity contribution in [3.8, 4) is 0 Å². The quantitative estimate of drug-likeness (QED) is 0.708. The SMILES string of the molecule is CC(CC(=O)NC1(CO)CCC1)c1ccc(N)cc1. The number of carbonyl (C=O) groups excluding carboxylic acids is 1. The lowest BCUT2D eigenvalue weighted by Crippen LogP contribution is -2.56. The van der Waals surface area contributed by atoms with Crippen LogP contribution in [0.4, 0.5) is 5.69 Å². The summed E-state index contributed by atoms with van der Waals surface area (Å²) >= 11 is 0. The largest absolute Gasteiger partial charge is 0.399 e. The third-order valence-corrected chi connectivity index (χ3v) is 4.01. The van der Waals surface area contributed by atoms with Crippen molar-refractivity contribution in [1.82, 2.24) is 5.32 Å². The number of anilines is 1. The predicted octanol–water partition coefficient (Wildman–Crippen LogP) is 1.79. The van der Waals surface area contributed by atoms with Crippen LogP contribution >= 0.6 is 0 Å². The molecule has 1 amide bonds. The summed E-state index contributed by atoms with van der Waals surface area (Å²) in [5.74, 6) is 0.162. The zero-order valence-electron chi connectivity index (χ0n) is 11.4. The lowest BCUT2D eigenvalue weighted by Gasteiger charge is -2.41. The van der Waals surface area contributed by atoms with Crippen LogP contribution in [-0.2, 0) is 4.79 Å². The van der Waals surface area contributed by atoms with Crippen LogP contribution in [-0.4, -0.2) is 23.2 Å². The van der Waals surface area contributed by atoms with E-state index < -0.39 is 0 Å². The molecule has 1 saturated carbocycles. The van der Waals surface area contributed by atoms with Crippen LogP contribution in [0.2, 0.25) is 0 Å². The average molecular weight is 262 g/mol. The lowest BCUT2D eigenvalue weighted by atomic mass is 9.77. The second kappa shape index (κ2) is 5.61. The van der Waals surface area contributed by atoms with E-state index in [1.165, 1.54) is 0 Å². The molecule has 0 saturated heterocycles. The number of hydrogen-bond donors (Lipinski definition) is 3. The molecule has 1 fully saturated rings. The second-order valence-corrected chi connectivity index (χ2v) is 5.61. The minimum absolute atomic E-state index is 0.0121. The predicted molar refractivity (Wildman–Crippen MR) is 75.7 cm³/mol. The highest BCUT2D eigenvalue weighted by Crippen LogP contribution is 2.31. The average Bonchev–Trinajstić information content (AvgIpc) is 2.34. The fourth-order valence-corrected chi connectivity index (χ4v) is 2.49. The van der Waals surface area contributed by atoms with Gasteiger partial charge in [0.05, 0.1) is 12.1 Å². The van der Waals surface area contributed by atoms with E-state index in [4.69, 9.17) is 5.73 Å². The normalized spacial score (nSPS) is 18.4. The van der Waals surface area contributed by atoms with Crippen molar-refractivity contribution < 1.29 is 9.90 Å². The fraction of sp³-hybridized carbons (Fsp3) is 0.533. The summed E-state index contributed by atoms with van der Waals surface area (Å²) in [6.45, 7) is 2.06. The van der Waals surface area contributed by atoms with Crippen molar-refractivity contribution in [2.75, 3.05) is 12.3 Å². The molecule has 4 heteroatoms. The number of amides is 1. The molecule has 1 aromatic rings. The summed E-state index contributed by atoms with van der Waals surface area (Å²) in [4.78, 5) is 12.0. The molecule has 104 valence electrons. The first-order valence-electron chi connectivity index (χ1n) is 6.82. The van der Waals surface area contributed by atoms with E-state index >= 15 is 0 Å². The topological polar surface area (TPSA) is 75.3 Å². The molecule has 4 N–H and O–H groups in total. The molecule has 0 aliphatic heterocycles. The lowest BCUT2D eigenvalue weighted by molar-refractivity contribution is -0.125. The standard InChI is InChI=1S/C15H22N2O2/c1-11(12-3-5-13(16)6-4-12)9-14(19)17-15(10-18)7-2-8-15/h3-6,11,18H,2,7-10,16H2,1H3,(H,17,19). The van der Waals surface area contributed by atoms with E-state index in [0.717, 1.165) is 30.5 Å². The Hall–Kier alpha value is -1.55. The van der Waals surface area contributed by atoms with Crippen molar-refractivity contribution in [1.29, 1.82) is 0 Å².